The summed E-state index contributed by atoms with van der Waals surface area (Å²) in [4.78, 5) is 51.2. The predicted molar refractivity (Wildman–Crippen MR) is 143 cm³/mol. The number of benzene rings is 1. The molecule has 10 nitrogen and oxygen atoms in total. The molecule has 3 amide bonds. The molecule has 0 aliphatic carbocycles. The third-order valence-corrected chi connectivity index (χ3v) is 6.79. The highest BCUT2D eigenvalue weighted by Gasteiger charge is 2.33. The van der Waals surface area contributed by atoms with Crippen LogP contribution in [0.5, 0.6) is 0 Å². The second-order valence-corrected chi connectivity index (χ2v) is 9.72. The predicted octanol–water partition coefficient (Wildman–Crippen LogP) is 1.32. The van der Waals surface area contributed by atoms with Crippen LogP contribution in [0.3, 0.4) is 0 Å². The molecule has 1 aromatic carbocycles. The zero-order valence-corrected chi connectivity index (χ0v) is 22.5. The van der Waals surface area contributed by atoms with Crippen molar-refractivity contribution in [2.75, 3.05) is 6.54 Å². The highest BCUT2D eigenvalue weighted by molar-refractivity contribution is 5.94. The number of hydrogen-bond donors (Lipinski definition) is 6. The van der Waals surface area contributed by atoms with Crippen molar-refractivity contribution < 1.29 is 24.3 Å². The Balaban J connectivity index is 3.11. The van der Waals surface area contributed by atoms with Crippen LogP contribution in [-0.4, -0.2) is 59.5 Å². The van der Waals surface area contributed by atoms with Crippen molar-refractivity contribution in [3.05, 3.63) is 35.9 Å². The van der Waals surface area contributed by atoms with E-state index in [1.807, 2.05) is 51.1 Å². The number of nitrogens with two attached hydrogens (primary N) is 2. The fraction of sp³-hybridized carbons (Fsp3) is 0.630. The first-order valence-electron chi connectivity index (χ1n) is 13.2. The summed E-state index contributed by atoms with van der Waals surface area (Å²) >= 11 is 0. The Bertz CT molecular complexity index is 866. The fourth-order valence-electron chi connectivity index (χ4n) is 3.86. The van der Waals surface area contributed by atoms with Crippen LogP contribution in [-0.2, 0) is 25.6 Å². The van der Waals surface area contributed by atoms with Gasteiger partial charge in [0.25, 0.3) is 0 Å². The largest absolute Gasteiger partial charge is 0.480 e. The first kappa shape index (κ1) is 32.0. The molecule has 0 aliphatic rings. The molecule has 208 valence electrons. The number of carboxylic acids is 1. The van der Waals surface area contributed by atoms with Gasteiger partial charge in [0.1, 0.15) is 18.1 Å². The molecular formula is C27H45N5O5. The van der Waals surface area contributed by atoms with Crippen LogP contribution in [0.1, 0.15) is 65.4 Å². The van der Waals surface area contributed by atoms with Gasteiger partial charge in [0, 0.05) is 6.42 Å². The molecule has 1 aromatic rings. The maximum absolute atomic E-state index is 13.4. The lowest BCUT2D eigenvalue weighted by atomic mass is 9.96. The molecule has 0 saturated heterocycles. The van der Waals surface area contributed by atoms with Crippen molar-refractivity contribution in [1.29, 1.82) is 0 Å². The van der Waals surface area contributed by atoms with Crippen LogP contribution < -0.4 is 27.4 Å². The molecule has 0 bridgehead atoms. The molecule has 0 radical (unpaired) electrons. The van der Waals surface area contributed by atoms with Gasteiger partial charge in [-0.3, -0.25) is 14.4 Å². The van der Waals surface area contributed by atoms with E-state index in [2.05, 4.69) is 16.0 Å². The van der Waals surface area contributed by atoms with Gasteiger partial charge in [0.05, 0.1) is 6.04 Å². The van der Waals surface area contributed by atoms with Gasteiger partial charge in [0.2, 0.25) is 17.7 Å². The number of carboxylic acid groups (broad SMARTS) is 1. The maximum Gasteiger partial charge on any atom is 0.326 e. The van der Waals surface area contributed by atoms with Crippen LogP contribution >= 0.6 is 0 Å². The normalized spacial score (nSPS) is 15.9. The van der Waals surface area contributed by atoms with Crippen molar-refractivity contribution >= 4 is 23.7 Å². The number of aliphatic carboxylic acids is 1. The topological polar surface area (TPSA) is 177 Å². The third kappa shape index (κ3) is 10.9. The number of nitrogens with one attached hydrogen (secondary N) is 3. The lowest BCUT2D eigenvalue weighted by molar-refractivity contribution is -0.143. The van der Waals surface area contributed by atoms with Gasteiger partial charge in [-0.15, -0.1) is 0 Å². The van der Waals surface area contributed by atoms with E-state index in [4.69, 9.17) is 11.5 Å². The van der Waals surface area contributed by atoms with Crippen LogP contribution in [0.2, 0.25) is 0 Å². The highest BCUT2D eigenvalue weighted by atomic mass is 16.4. The van der Waals surface area contributed by atoms with Gasteiger partial charge in [0.15, 0.2) is 0 Å². The number of carbonyl (C=O) groups is 4. The molecule has 0 saturated carbocycles. The van der Waals surface area contributed by atoms with Crippen molar-refractivity contribution in [3.8, 4) is 0 Å². The summed E-state index contributed by atoms with van der Waals surface area (Å²) in [5.74, 6) is -3.24. The number of carbonyl (C=O) groups excluding carboxylic acids is 3. The molecule has 6 atom stereocenters. The summed E-state index contributed by atoms with van der Waals surface area (Å²) in [7, 11) is 0. The summed E-state index contributed by atoms with van der Waals surface area (Å²) in [6.07, 6.45) is 3.21. The van der Waals surface area contributed by atoms with E-state index in [9.17, 15) is 24.3 Å². The third-order valence-electron chi connectivity index (χ3n) is 6.79. The summed E-state index contributed by atoms with van der Waals surface area (Å²) in [5.41, 5.74) is 12.3. The Morgan fingerprint density at radius 1 is 0.838 bits per heavy atom. The SMILES string of the molecule is CCC(C)C(NC(=O)C(Cc1ccccc1)NC(=O)C(NC(=O)C(N)CCCCN)C(C)CC)C(=O)O. The van der Waals surface area contributed by atoms with Gasteiger partial charge in [-0.1, -0.05) is 77.3 Å². The standard InChI is InChI=1S/C27H45N5O5/c1-5-17(3)22(31-24(33)20(29)14-10-11-15-28)26(35)30-21(16-19-12-8-7-9-13-19)25(34)32-23(27(36)37)18(4)6-2/h7-9,12-13,17-18,20-23H,5-6,10-11,14-16,28-29H2,1-4H3,(H,30,35)(H,31,33)(H,32,34)(H,36,37). The summed E-state index contributed by atoms with van der Waals surface area (Å²) in [5, 5.41) is 17.7. The lowest BCUT2D eigenvalue weighted by Gasteiger charge is -2.28. The Morgan fingerprint density at radius 2 is 1.41 bits per heavy atom. The van der Waals surface area contributed by atoms with E-state index in [1.54, 1.807) is 6.92 Å². The molecule has 0 fully saturated rings. The number of unbranched alkanes of at least 4 members (excludes halogenated alkanes) is 1. The van der Waals surface area contributed by atoms with Gasteiger partial charge >= 0.3 is 5.97 Å². The summed E-state index contributed by atoms with van der Waals surface area (Å²) in [6.45, 7) is 7.83. The first-order chi connectivity index (χ1) is 17.5. The minimum absolute atomic E-state index is 0.158. The van der Waals surface area contributed by atoms with Crippen molar-refractivity contribution in [2.45, 2.75) is 90.4 Å². The van der Waals surface area contributed by atoms with E-state index in [1.165, 1.54) is 0 Å². The molecule has 8 N–H and O–H groups in total. The number of hydrogen-bond acceptors (Lipinski definition) is 6. The molecule has 37 heavy (non-hydrogen) atoms. The zero-order chi connectivity index (χ0) is 28.0. The smallest absolute Gasteiger partial charge is 0.326 e. The van der Waals surface area contributed by atoms with Gasteiger partial charge in [-0.05, 0) is 36.8 Å². The molecule has 1 rings (SSSR count). The maximum atomic E-state index is 13.4. The van der Waals surface area contributed by atoms with Gasteiger partial charge in [-0.2, -0.15) is 0 Å². The highest BCUT2D eigenvalue weighted by Crippen LogP contribution is 2.13. The van der Waals surface area contributed by atoms with E-state index < -0.39 is 47.9 Å². The van der Waals surface area contributed by atoms with Crippen LogP contribution in [0.15, 0.2) is 30.3 Å². The second-order valence-electron chi connectivity index (χ2n) is 9.72. The van der Waals surface area contributed by atoms with Crippen molar-refractivity contribution in [3.63, 3.8) is 0 Å². The molecular weight excluding hydrogens is 474 g/mol. The Morgan fingerprint density at radius 3 is 1.95 bits per heavy atom. The van der Waals surface area contributed by atoms with Crippen LogP contribution in [0, 0.1) is 11.8 Å². The lowest BCUT2D eigenvalue weighted by Crippen LogP contribution is -2.59. The number of rotatable bonds is 17. The van der Waals surface area contributed by atoms with Crippen molar-refractivity contribution in [2.24, 2.45) is 23.3 Å². The minimum atomic E-state index is -1.14. The molecule has 0 aliphatic heterocycles. The van der Waals surface area contributed by atoms with Crippen molar-refractivity contribution in [1.82, 2.24) is 16.0 Å². The van der Waals surface area contributed by atoms with Crippen LogP contribution in [0.4, 0.5) is 0 Å². The van der Waals surface area contributed by atoms with Crippen LogP contribution in [0.25, 0.3) is 0 Å². The Hall–Kier alpha value is -2.98. The Kier molecular flexibility index (Phi) is 14.5. The zero-order valence-electron chi connectivity index (χ0n) is 22.5. The van der Waals surface area contributed by atoms with E-state index in [0.717, 1.165) is 12.0 Å². The van der Waals surface area contributed by atoms with E-state index >= 15 is 0 Å². The molecule has 0 aromatic heterocycles. The second kappa shape index (κ2) is 16.7. The summed E-state index contributed by atoms with van der Waals surface area (Å²) < 4.78 is 0. The van der Waals surface area contributed by atoms with Gasteiger partial charge < -0.3 is 32.5 Å². The monoisotopic (exact) mass is 519 g/mol. The number of amides is 3. The average Bonchev–Trinajstić information content (AvgIpc) is 2.89. The average molecular weight is 520 g/mol. The van der Waals surface area contributed by atoms with Gasteiger partial charge in [-0.25, -0.2) is 4.79 Å². The molecule has 10 heteroatoms. The molecule has 6 unspecified atom stereocenters. The Labute approximate surface area is 220 Å². The summed E-state index contributed by atoms with van der Waals surface area (Å²) in [6, 6.07) is 5.31. The van der Waals surface area contributed by atoms with E-state index in [-0.39, 0.29) is 18.3 Å². The minimum Gasteiger partial charge on any atom is -0.480 e. The fourth-order valence-corrected chi connectivity index (χ4v) is 3.86. The van der Waals surface area contributed by atoms with E-state index in [0.29, 0.717) is 32.2 Å². The molecule has 0 heterocycles. The first-order valence-corrected chi connectivity index (χ1v) is 13.2. The molecule has 0 spiro atoms. The quantitative estimate of drug-likeness (QED) is 0.168.